The van der Waals surface area contributed by atoms with Gasteiger partial charge in [0.1, 0.15) is 0 Å². The summed E-state index contributed by atoms with van der Waals surface area (Å²) in [5.41, 5.74) is 2.39. The number of hydrogen-bond acceptors (Lipinski definition) is 3. The Labute approximate surface area is 132 Å². The molecule has 110 valence electrons. The van der Waals surface area contributed by atoms with Crippen LogP contribution in [-0.4, -0.2) is 17.1 Å². The Morgan fingerprint density at radius 2 is 1.95 bits per heavy atom. The van der Waals surface area contributed by atoms with Crippen molar-refractivity contribution in [3.8, 4) is 11.3 Å². The van der Waals surface area contributed by atoms with E-state index in [4.69, 9.17) is 4.52 Å². The highest BCUT2D eigenvalue weighted by molar-refractivity contribution is 9.10. The van der Waals surface area contributed by atoms with Crippen molar-refractivity contribution in [2.45, 2.75) is 38.6 Å². The molecular formula is C16H17BrN2O2. The van der Waals surface area contributed by atoms with E-state index in [2.05, 4.69) is 26.4 Å². The van der Waals surface area contributed by atoms with Crippen molar-refractivity contribution in [3.63, 3.8) is 0 Å². The average Bonchev–Trinajstić information content (AvgIpc) is 3.09. The molecule has 1 aliphatic carbocycles. The summed E-state index contributed by atoms with van der Waals surface area (Å²) in [6.07, 6.45) is 4.46. The molecule has 0 unspecified atom stereocenters. The Morgan fingerprint density at radius 1 is 1.29 bits per heavy atom. The maximum Gasteiger partial charge on any atom is 0.274 e. The lowest BCUT2D eigenvalue weighted by Crippen LogP contribution is -2.32. The SMILES string of the molecule is Cc1ccc(-c2onc(C(=O)NC3CCCC3)c2Br)cc1. The quantitative estimate of drug-likeness (QED) is 0.908. The Bertz CT molecular complexity index is 643. The van der Waals surface area contributed by atoms with E-state index in [0.29, 0.717) is 15.9 Å². The third-order valence-electron chi connectivity index (χ3n) is 3.85. The molecule has 1 amide bonds. The van der Waals surface area contributed by atoms with Gasteiger partial charge in [0.15, 0.2) is 11.5 Å². The van der Waals surface area contributed by atoms with Crippen LogP contribution in [0.4, 0.5) is 0 Å². The van der Waals surface area contributed by atoms with Gasteiger partial charge in [-0.15, -0.1) is 0 Å². The van der Waals surface area contributed by atoms with E-state index in [0.717, 1.165) is 18.4 Å². The summed E-state index contributed by atoms with van der Waals surface area (Å²) in [6, 6.07) is 8.19. The molecule has 0 bridgehead atoms. The second kappa shape index (κ2) is 6.02. The summed E-state index contributed by atoms with van der Waals surface area (Å²) in [4.78, 5) is 12.3. The third-order valence-corrected chi connectivity index (χ3v) is 4.59. The minimum absolute atomic E-state index is 0.170. The number of hydrogen-bond donors (Lipinski definition) is 1. The smallest absolute Gasteiger partial charge is 0.274 e. The zero-order chi connectivity index (χ0) is 14.8. The summed E-state index contributed by atoms with van der Waals surface area (Å²) in [7, 11) is 0. The highest BCUT2D eigenvalue weighted by atomic mass is 79.9. The van der Waals surface area contributed by atoms with Gasteiger partial charge in [-0.2, -0.15) is 0 Å². The topological polar surface area (TPSA) is 55.1 Å². The van der Waals surface area contributed by atoms with Gasteiger partial charge in [-0.25, -0.2) is 0 Å². The van der Waals surface area contributed by atoms with Crippen LogP contribution >= 0.6 is 15.9 Å². The fourth-order valence-electron chi connectivity index (χ4n) is 2.63. The number of benzene rings is 1. The van der Waals surface area contributed by atoms with Gasteiger partial charge in [-0.3, -0.25) is 4.79 Å². The summed E-state index contributed by atoms with van der Waals surface area (Å²) in [5, 5.41) is 6.94. The summed E-state index contributed by atoms with van der Waals surface area (Å²) >= 11 is 3.44. The number of nitrogens with one attached hydrogen (secondary N) is 1. The number of nitrogens with zero attached hydrogens (tertiary/aromatic N) is 1. The molecule has 0 atom stereocenters. The van der Waals surface area contributed by atoms with Crippen LogP contribution in [0.1, 0.15) is 41.7 Å². The van der Waals surface area contributed by atoms with Crippen LogP contribution in [-0.2, 0) is 0 Å². The van der Waals surface area contributed by atoms with Crippen molar-refractivity contribution in [2.24, 2.45) is 0 Å². The lowest BCUT2D eigenvalue weighted by atomic mass is 10.1. The first-order valence-corrected chi connectivity index (χ1v) is 7.97. The van der Waals surface area contributed by atoms with E-state index in [1.807, 2.05) is 31.2 Å². The normalized spacial score (nSPS) is 15.3. The summed E-state index contributed by atoms with van der Waals surface area (Å²) < 4.78 is 5.96. The molecule has 1 heterocycles. The van der Waals surface area contributed by atoms with Gasteiger partial charge < -0.3 is 9.84 Å². The summed E-state index contributed by atoms with van der Waals surface area (Å²) in [5.74, 6) is 0.419. The largest absolute Gasteiger partial charge is 0.354 e. The average molecular weight is 349 g/mol. The fourth-order valence-corrected chi connectivity index (χ4v) is 3.18. The molecule has 0 saturated heterocycles. The zero-order valence-electron chi connectivity index (χ0n) is 11.9. The zero-order valence-corrected chi connectivity index (χ0v) is 13.4. The maximum atomic E-state index is 12.3. The Morgan fingerprint density at radius 3 is 2.62 bits per heavy atom. The first kappa shape index (κ1) is 14.3. The third kappa shape index (κ3) is 3.02. The highest BCUT2D eigenvalue weighted by Gasteiger charge is 2.24. The number of aryl methyl sites for hydroxylation is 1. The predicted octanol–water partition coefficient (Wildman–Crippen LogP) is 4.08. The number of carbonyl (C=O) groups is 1. The lowest BCUT2D eigenvalue weighted by molar-refractivity contribution is 0.0928. The number of aromatic nitrogens is 1. The monoisotopic (exact) mass is 348 g/mol. The molecule has 5 heteroatoms. The molecule has 3 rings (SSSR count). The second-order valence-corrected chi connectivity index (χ2v) is 6.29. The Balaban J connectivity index is 1.81. The second-order valence-electron chi connectivity index (χ2n) is 5.50. The van der Waals surface area contributed by atoms with Crippen molar-refractivity contribution in [1.29, 1.82) is 0 Å². The Kier molecular flexibility index (Phi) is 4.10. The van der Waals surface area contributed by atoms with E-state index in [1.54, 1.807) is 0 Å². The van der Waals surface area contributed by atoms with Crippen LogP contribution in [0.5, 0.6) is 0 Å². The Hall–Kier alpha value is -1.62. The summed E-state index contributed by atoms with van der Waals surface area (Å²) in [6.45, 7) is 2.03. The molecule has 0 radical (unpaired) electrons. The molecule has 1 aliphatic rings. The molecule has 2 aromatic rings. The number of halogens is 1. The highest BCUT2D eigenvalue weighted by Crippen LogP contribution is 2.31. The number of rotatable bonds is 3. The van der Waals surface area contributed by atoms with Crippen molar-refractivity contribution in [1.82, 2.24) is 10.5 Å². The van der Waals surface area contributed by atoms with Crippen LogP contribution in [0, 0.1) is 6.92 Å². The van der Waals surface area contributed by atoms with Crippen molar-refractivity contribution < 1.29 is 9.32 Å². The van der Waals surface area contributed by atoms with E-state index < -0.39 is 0 Å². The fraction of sp³-hybridized carbons (Fsp3) is 0.375. The molecule has 21 heavy (non-hydrogen) atoms. The molecule has 1 fully saturated rings. The minimum atomic E-state index is -0.170. The number of amides is 1. The predicted molar refractivity (Wildman–Crippen MR) is 84.1 cm³/mol. The van der Waals surface area contributed by atoms with E-state index >= 15 is 0 Å². The molecular weight excluding hydrogens is 332 g/mol. The van der Waals surface area contributed by atoms with Crippen molar-refractivity contribution >= 4 is 21.8 Å². The van der Waals surface area contributed by atoms with Gasteiger partial charge >= 0.3 is 0 Å². The van der Waals surface area contributed by atoms with Gasteiger partial charge in [0.2, 0.25) is 0 Å². The standard InChI is InChI=1S/C16H17BrN2O2/c1-10-6-8-11(9-7-10)15-13(17)14(19-21-15)16(20)18-12-4-2-3-5-12/h6-9,12H,2-5H2,1H3,(H,18,20). The van der Waals surface area contributed by atoms with Crippen molar-refractivity contribution in [3.05, 3.63) is 40.0 Å². The van der Waals surface area contributed by atoms with Gasteiger partial charge in [0.05, 0.1) is 4.47 Å². The van der Waals surface area contributed by atoms with E-state index in [9.17, 15) is 4.79 Å². The van der Waals surface area contributed by atoms with E-state index in [-0.39, 0.29) is 11.9 Å². The van der Waals surface area contributed by atoms with Gasteiger partial charge in [-0.1, -0.05) is 47.8 Å². The minimum Gasteiger partial charge on any atom is -0.354 e. The van der Waals surface area contributed by atoms with Gasteiger partial charge in [0.25, 0.3) is 5.91 Å². The first-order chi connectivity index (χ1) is 10.1. The van der Waals surface area contributed by atoms with Crippen LogP contribution in [0.2, 0.25) is 0 Å². The van der Waals surface area contributed by atoms with Crippen LogP contribution in [0.25, 0.3) is 11.3 Å². The van der Waals surface area contributed by atoms with Crippen molar-refractivity contribution in [2.75, 3.05) is 0 Å². The van der Waals surface area contributed by atoms with Crippen LogP contribution in [0.15, 0.2) is 33.3 Å². The van der Waals surface area contributed by atoms with Gasteiger partial charge in [-0.05, 0) is 35.7 Å². The van der Waals surface area contributed by atoms with Crippen LogP contribution in [0.3, 0.4) is 0 Å². The molecule has 4 nitrogen and oxygen atoms in total. The van der Waals surface area contributed by atoms with E-state index in [1.165, 1.54) is 18.4 Å². The maximum absolute atomic E-state index is 12.3. The number of carbonyl (C=O) groups excluding carboxylic acids is 1. The molecule has 1 aromatic heterocycles. The van der Waals surface area contributed by atoms with Crippen LogP contribution < -0.4 is 5.32 Å². The van der Waals surface area contributed by atoms with Gasteiger partial charge in [0, 0.05) is 11.6 Å². The lowest BCUT2D eigenvalue weighted by Gasteiger charge is -2.09. The molecule has 0 aliphatic heterocycles. The molecule has 0 spiro atoms. The molecule has 1 saturated carbocycles. The first-order valence-electron chi connectivity index (χ1n) is 7.18. The molecule has 1 aromatic carbocycles. The molecule has 1 N–H and O–H groups in total.